The van der Waals surface area contributed by atoms with Crippen molar-refractivity contribution in [2.24, 2.45) is 0 Å². The van der Waals surface area contributed by atoms with Crippen LogP contribution in [0.15, 0.2) is 6.07 Å². The van der Waals surface area contributed by atoms with Crippen LogP contribution < -0.4 is 5.73 Å². The molecule has 1 aliphatic heterocycles. The summed E-state index contributed by atoms with van der Waals surface area (Å²) in [4.78, 5) is 2.38. The van der Waals surface area contributed by atoms with Gasteiger partial charge in [-0.1, -0.05) is 0 Å². The van der Waals surface area contributed by atoms with Crippen LogP contribution in [0.25, 0.3) is 0 Å². The molecule has 1 aliphatic rings. The molecular weight excluding hydrogens is 216 g/mol. The van der Waals surface area contributed by atoms with E-state index in [1.807, 2.05) is 10.7 Å². The molecule has 1 aromatic heterocycles. The van der Waals surface area contributed by atoms with Crippen LogP contribution in [0.3, 0.4) is 0 Å². The number of rotatable bonds is 3. The Kier molecular flexibility index (Phi) is 3.40. The predicted octanol–water partition coefficient (Wildman–Crippen LogP) is 1.10. The van der Waals surface area contributed by atoms with E-state index in [9.17, 15) is 0 Å². The molecule has 2 rings (SSSR count). The van der Waals surface area contributed by atoms with Gasteiger partial charge < -0.3 is 10.5 Å². The molecule has 0 fully saturated rings. The Labute approximate surface area is 103 Å². The monoisotopic (exact) mass is 238 g/mol. The van der Waals surface area contributed by atoms with E-state index in [-0.39, 0.29) is 5.60 Å². The lowest BCUT2D eigenvalue weighted by Gasteiger charge is -2.28. The quantitative estimate of drug-likeness (QED) is 0.856. The summed E-state index contributed by atoms with van der Waals surface area (Å²) in [6.07, 6.45) is 0. The van der Waals surface area contributed by atoms with Gasteiger partial charge in [-0.05, 0) is 20.8 Å². The van der Waals surface area contributed by atoms with Gasteiger partial charge >= 0.3 is 0 Å². The average Bonchev–Trinajstić information content (AvgIpc) is 2.55. The van der Waals surface area contributed by atoms with Gasteiger partial charge in [0, 0.05) is 25.7 Å². The van der Waals surface area contributed by atoms with Gasteiger partial charge in [0.05, 0.1) is 24.4 Å². The highest BCUT2D eigenvalue weighted by atomic mass is 16.5. The van der Waals surface area contributed by atoms with E-state index in [0.29, 0.717) is 5.82 Å². The van der Waals surface area contributed by atoms with Gasteiger partial charge in [-0.2, -0.15) is 5.10 Å². The van der Waals surface area contributed by atoms with Gasteiger partial charge in [-0.15, -0.1) is 0 Å². The second kappa shape index (κ2) is 4.66. The molecule has 0 saturated carbocycles. The lowest BCUT2D eigenvalue weighted by molar-refractivity contribution is -0.0158. The van der Waals surface area contributed by atoms with Crippen molar-refractivity contribution in [1.82, 2.24) is 14.7 Å². The van der Waals surface area contributed by atoms with Crippen molar-refractivity contribution in [3.8, 4) is 0 Å². The minimum Gasteiger partial charge on any atom is -0.382 e. The number of anilines is 1. The molecule has 17 heavy (non-hydrogen) atoms. The highest BCUT2D eigenvalue weighted by molar-refractivity contribution is 5.29. The smallest absolute Gasteiger partial charge is 0.145 e. The third kappa shape index (κ3) is 3.44. The van der Waals surface area contributed by atoms with Crippen molar-refractivity contribution in [1.29, 1.82) is 0 Å². The average molecular weight is 238 g/mol. The van der Waals surface area contributed by atoms with Crippen molar-refractivity contribution >= 4 is 5.82 Å². The number of nitrogen functional groups attached to an aromatic ring is 1. The lowest BCUT2D eigenvalue weighted by atomic mass is 10.2. The van der Waals surface area contributed by atoms with Gasteiger partial charge in [-0.3, -0.25) is 9.58 Å². The Morgan fingerprint density at radius 2 is 2.18 bits per heavy atom. The largest absolute Gasteiger partial charge is 0.382 e. The SMILES string of the molecule is CC(C)(C)OCCN1CCn2nc(N)cc2C1. The van der Waals surface area contributed by atoms with Gasteiger partial charge in [0.15, 0.2) is 0 Å². The number of fused-ring (bicyclic) bond motifs is 1. The van der Waals surface area contributed by atoms with E-state index in [1.54, 1.807) is 0 Å². The minimum atomic E-state index is -0.0536. The predicted molar refractivity (Wildman–Crippen MR) is 67.6 cm³/mol. The van der Waals surface area contributed by atoms with Crippen LogP contribution in [0.1, 0.15) is 26.5 Å². The Hall–Kier alpha value is -1.07. The van der Waals surface area contributed by atoms with Gasteiger partial charge in [0.2, 0.25) is 0 Å². The molecule has 0 saturated heterocycles. The topological polar surface area (TPSA) is 56.3 Å². The molecular formula is C12H22N4O. The molecule has 96 valence electrons. The van der Waals surface area contributed by atoms with Gasteiger partial charge in [0.1, 0.15) is 5.82 Å². The second-order valence-electron chi connectivity index (χ2n) is 5.52. The van der Waals surface area contributed by atoms with Crippen LogP contribution in [0.4, 0.5) is 5.82 Å². The standard InChI is InChI=1S/C12H22N4O/c1-12(2,3)17-7-6-15-4-5-16-10(9-15)8-11(13)14-16/h8H,4-7,9H2,1-3H3,(H2,13,14). The molecule has 0 amide bonds. The molecule has 5 nitrogen and oxygen atoms in total. The van der Waals surface area contributed by atoms with Crippen molar-refractivity contribution in [3.05, 3.63) is 11.8 Å². The first-order valence-corrected chi connectivity index (χ1v) is 6.12. The maximum absolute atomic E-state index is 5.74. The number of hydrogen-bond acceptors (Lipinski definition) is 4. The summed E-state index contributed by atoms with van der Waals surface area (Å²) < 4.78 is 7.73. The fourth-order valence-electron chi connectivity index (χ4n) is 2.01. The zero-order valence-electron chi connectivity index (χ0n) is 10.9. The van der Waals surface area contributed by atoms with Crippen LogP contribution >= 0.6 is 0 Å². The highest BCUT2D eigenvalue weighted by Crippen LogP contribution is 2.14. The first-order valence-electron chi connectivity index (χ1n) is 6.12. The first kappa shape index (κ1) is 12.4. The van der Waals surface area contributed by atoms with E-state index in [1.165, 1.54) is 5.69 Å². The zero-order valence-corrected chi connectivity index (χ0v) is 10.9. The Morgan fingerprint density at radius 3 is 2.88 bits per heavy atom. The molecule has 0 bridgehead atoms. The maximum Gasteiger partial charge on any atom is 0.145 e. The summed E-state index contributed by atoms with van der Waals surface area (Å²) >= 11 is 0. The molecule has 0 aliphatic carbocycles. The normalized spacial score (nSPS) is 17.1. The first-order chi connectivity index (χ1) is 7.94. The second-order valence-corrected chi connectivity index (χ2v) is 5.52. The number of aromatic nitrogens is 2. The van der Waals surface area contributed by atoms with Gasteiger partial charge in [0.25, 0.3) is 0 Å². The van der Waals surface area contributed by atoms with Crippen molar-refractivity contribution in [3.63, 3.8) is 0 Å². The lowest BCUT2D eigenvalue weighted by Crippen LogP contribution is -2.37. The van der Waals surface area contributed by atoms with E-state index in [0.717, 1.165) is 32.8 Å². The summed E-state index contributed by atoms with van der Waals surface area (Å²) in [5.74, 6) is 0.618. The van der Waals surface area contributed by atoms with Crippen LogP contribution in [0.5, 0.6) is 0 Å². The third-order valence-corrected chi connectivity index (χ3v) is 2.84. The van der Waals surface area contributed by atoms with E-state index in [4.69, 9.17) is 10.5 Å². The van der Waals surface area contributed by atoms with E-state index in [2.05, 4.69) is 30.8 Å². The Bertz CT molecular complexity index is 380. The number of nitrogens with zero attached hydrogens (tertiary/aromatic N) is 3. The molecule has 5 heteroatoms. The van der Waals surface area contributed by atoms with Crippen LogP contribution in [0.2, 0.25) is 0 Å². The van der Waals surface area contributed by atoms with Crippen LogP contribution in [-0.2, 0) is 17.8 Å². The summed E-state index contributed by atoms with van der Waals surface area (Å²) in [5, 5.41) is 4.24. The molecule has 0 spiro atoms. The summed E-state index contributed by atoms with van der Waals surface area (Å²) in [7, 11) is 0. The van der Waals surface area contributed by atoms with Crippen LogP contribution in [0, 0.1) is 0 Å². The van der Waals surface area contributed by atoms with E-state index >= 15 is 0 Å². The zero-order chi connectivity index (χ0) is 12.5. The third-order valence-electron chi connectivity index (χ3n) is 2.84. The molecule has 0 atom stereocenters. The molecule has 1 aromatic rings. The van der Waals surface area contributed by atoms with E-state index < -0.39 is 0 Å². The van der Waals surface area contributed by atoms with Crippen LogP contribution in [-0.4, -0.2) is 40.0 Å². The molecule has 0 aromatic carbocycles. The summed E-state index contributed by atoms with van der Waals surface area (Å²) in [5.41, 5.74) is 6.83. The number of hydrogen-bond donors (Lipinski definition) is 1. The van der Waals surface area contributed by atoms with Crippen molar-refractivity contribution < 1.29 is 4.74 Å². The molecule has 0 unspecified atom stereocenters. The maximum atomic E-state index is 5.74. The fraction of sp³-hybridized carbons (Fsp3) is 0.750. The highest BCUT2D eigenvalue weighted by Gasteiger charge is 2.18. The number of ether oxygens (including phenoxy) is 1. The molecule has 2 heterocycles. The fourth-order valence-corrected chi connectivity index (χ4v) is 2.01. The Balaban J connectivity index is 1.82. The van der Waals surface area contributed by atoms with Gasteiger partial charge in [-0.25, -0.2) is 0 Å². The molecule has 0 radical (unpaired) electrons. The summed E-state index contributed by atoms with van der Waals surface area (Å²) in [6, 6.07) is 1.96. The van der Waals surface area contributed by atoms with Crippen molar-refractivity contribution in [2.75, 3.05) is 25.4 Å². The van der Waals surface area contributed by atoms with Crippen molar-refractivity contribution in [2.45, 2.75) is 39.5 Å². The number of nitrogens with two attached hydrogens (primary N) is 1. The summed E-state index contributed by atoms with van der Waals surface area (Å²) in [6.45, 7) is 10.8. The molecule has 2 N–H and O–H groups in total. The minimum absolute atomic E-state index is 0.0536. The Morgan fingerprint density at radius 1 is 1.41 bits per heavy atom.